The Morgan fingerprint density at radius 2 is 1.88 bits per heavy atom. The summed E-state index contributed by atoms with van der Waals surface area (Å²) in [5, 5.41) is 8.17. The maximum absolute atomic E-state index is 12.2. The normalized spacial score (nSPS) is 11.5. The molecule has 1 aromatic carbocycles. The van der Waals surface area contributed by atoms with Crippen molar-refractivity contribution in [2.24, 2.45) is 0 Å². The molecule has 0 fully saturated rings. The molecule has 0 aliphatic heterocycles. The quantitative estimate of drug-likeness (QED) is 0.515. The van der Waals surface area contributed by atoms with E-state index >= 15 is 0 Å². The summed E-state index contributed by atoms with van der Waals surface area (Å²) in [5.41, 5.74) is 2.87. The van der Waals surface area contributed by atoms with Gasteiger partial charge < -0.3 is 5.32 Å². The highest BCUT2D eigenvalue weighted by Gasteiger charge is 2.18. The number of nitrogens with one attached hydrogen (secondary N) is 1. The zero-order valence-corrected chi connectivity index (χ0v) is 17.8. The van der Waals surface area contributed by atoms with Gasteiger partial charge in [0.2, 0.25) is 5.91 Å². The van der Waals surface area contributed by atoms with E-state index in [9.17, 15) is 4.79 Å². The molecule has 0 atom stereocenters. The fraction of sp³-hybridized carbons (Fsp3) is 0.278. The minimum absolute atomic E-state index is 0.0207. The summed E-state index contributed by atoms with van der Waals surface area (Å²) in [6.07, 6.45) is 0. The topological polar surface area (TPSA) is 54.9 Å². The molecule has 0 aliphatic rings. The maximum Gasteiger partial charge on any atom is 0.236 e. The lowest BCUT2D eigenvalue weighted by atomic mass is 9.93. The lowest BCUT2D eigenvalue weighted by Gasteiger charge is -2.14. The van der Waals surface area contributed by atoms with Crippen molar-refractivity contribution in [3.63, 3.8) is 0 Å². The van der Waals surface area contributed by atoms with Gasteiger partial charge >= 0.3 is 0 Å². The van der Waals surface area contributed by atoms with E-state index < -0.39 is 0 Å². The van der Waals surface area contributed by atoms with Crippen molar-refractivity contribution in [1.82, 2.24) is 9.97 Å². The van der Waals surface area contributed by atoms with Gasteiger partial charge in [-0.25, -0.2) is 9.97 Å². The Labute approximate surface area is 170 Å². The SMILES string of the molecule is CC(C)(C)c1csc(NC(=O)CSc2nc(-c3ccc(Cl)cc3)cs2)n1. The monoisotopic (exact) mass is 423 g/mol. The van der Waals surface area contributed by atoms with E-state index in [0.717, 1.165) is 21.3 Å². The number of halogens is 1. The molecule has 2 heterocycles. The van der Waals surface area contributed by atoms with Crippen molar-refractivity contribution in [1.29, 1.82) is 0 Å². The first kappa shape index (κ1) is 19.4. The van der Waals surface area contributed by atoms with E-state index in [1.807, 2.05) is 35.0 Å². The second-order valence-electron chi connectivity index (χ2n) is 6.63. The summed E-state index contributed by atoms with van der Waals surface area (Å²) < 4.78 is 0.861. The van der Waals surface area contributed by atoms with Gasteiger partial charge in [-0.1, -0.05) is 56.3 Å². The first-order valence-electron chi connectivity index (χ1n) is 7.91. The van der Waals surface area contributed by atoms with Crippen molar-refractivity contribution in [3.05, 3.63) is 45.7 Å². The Morgan fingerprint density at radius 3 is 2.54 bits per heavy atom. The molecule has 1 amide bonds. The summed E-state index contributed by atoms with van der Waals surface area (Å²) in [5.74, 6) is 0.228. The van der Waals surface area contributed by atoms with Crippen molar-refractivity contribution in [2.45, 2.75) is 30.5 Å². The maximum atomic E-state index is 12.2. The molecular weight excluding hydrogens is 406 g/mol. The van der Waals surface area contributed by atoms with Crippen LogP contribution in [0.15, 0.2) is 39.4 Å². The second kappa shape index (κ2) is 8.08. The van der Waals surface area contributed by atoms with Crippen LogP contribution in [0.4, 0.5) is 5.13 Å². The van der Waals surface area contributed by atoms with Crippen molar-refractivity contribution in [2.75, 3.05) is 11.1 Å². The fourth-order valence-electron chi connectivity index (χ4n) is 2.04. The molecule has 8 heteroatoms. The second-order valence-corrected chi connectivity index (χ2v) is 10.0. The van der Waals surface area contributed by atoms with Crippen LogP contribution in [0, 0.1) is 0 Å². The highest BCUT2D eigenvalue weighted by atomic mass is 35.5. The van der Waals surface area contributed by atoms with Crippen LogP contribution in [0.3, 0.4) is 0 Å². The Hall–Kier alpha value is -1.41. The van der Waals surface area contributed by atoms with Crippen LogP contribution in [0.25, 0.3) is 11.3 Å². The number of rotatable bonds is 5. The summed E-state index contributed by atoms with van der Waals surface area (Å²) in [6, 6.07) is 7.56. The minimum atomic E-state index is -0.0759. The molecule has 1 N–H and O–H groups in total. The molecule has 2 aromatic heterocycles. The third kappa shape index (κ3) is 5.07. The van der Waals surface area contributed by atoms with E-state index in [2.05, 4.69) is 36.1 Å². The highest BCUT2D eigenvalue weighted by molar-refractivity contribution is 8.01. The molecule has 136 valence electrons. The zero-order chi connectivity index (χ0) is 18.7. The average Bonchev–Trinajstić information content (AvgIpc) is 3.22. The number of benzene rings is 1. The first-order valence-corrected chi connectivity index (χ1v) is 11.0. The van der Waals surface area contributed by atoms with Crippen LogP contribution in [0.2, 0.25) is 5.02 Å². The molecule has 0 spiro atoms. The van der Waals surface area contributed by atoms with Crippen LogP contribution in [-0.2, 0) is 10.2 Å². The zero-order valence-electron chi connectivity index (χ0n) is 14.6. The van der Waals surface area contributed by atoms with Crippen LogP contribution in [0.1, 0.15) is 26.5 Å². The first-order chi connectivity index (χ1) is 12.3. The van der Waals surface area contributed by atoms with Gasteiger partial charge in [-0.3, -0.25) is 4.79 Å². The van der Waals surface area contributed by atoms with E-state index in [1.54, 1.807) is 0 Å². The number of nitrogens with zero attached hydrogens (tertiary/aromatic N) is 2. The molecule has 4 nitrogen and oxygen atoms in total. The van der Waals surface area contributed by atoms with Crippen molar-refractivity contribution >= 4 is 57.1 Å². The van der Waals surface area contributed by atoms with Gasteiger partial charge in [-0.2, -0.15) is 0 Å². The Balaban J connectivity index is 1.55. The van der Waals surface area contributed by atoms with Crippen LogP contribution >= 0.6 is 46.0 Å². The number of aromatic nitrogens is 2. The third-order valence-electron chi connectivity index (χ3n) is 3.47. The summed E-state index contributed by atoms with van der Waals surface area (Å²) in [4.78, 5) is 21.2. The molecule has 0 aliphatic carbocycles. The van der Waals surface area contributed by atoms with Gasteiger partial charge in [0.25, 0.3) is 0 Å². The molecule has 0 saturated heterocycles. The smallest absolute Gasteiger partial charge is 0.236 e. The molecular formula is C18H18ClN3OS3. The number of thioether (sulfide) groups is 1. The lowest BCUT2D eigenvalue weighted by Crippen LogP contribution is -2.15. The number of carbonyl (C=O) groups excluding carboxylic acids is 1. The van der Waals surface area contributed by atoms with Crippen molar-refractivity contribution in [3.8, 4) is 11.3 Å². The minimum Gasteiger partial charge on any atom is -0.301 e. The Bertz CT molecular complexity index is 897. The molecule has 0 radical (unpaired) electrons. The average molecular weight is 424 g/mol. The highest BCUT2D eigenvalue weighted by Crippen LogP contribution is 2.30. The van der Waals surface area contributed by atoms with Crippen LogP contribution in [-0.4, -0.2) is 21.6 Å². The number of amides is 1. The predicted molar refractivity (Wildman–Crippen MR) is 113 cm³/mol. The number of hydrogen-bond donors (Lipinski definition) is 1. The van der Waals surface area contributed by atoms with Gasteiger partial charge in [0.1, 0.15) is 0 Å². The Kier molecular flexibility index (Phi) is 6.02. The fourth-order valence-corrected chi connectivity index (χ4v) is 4.75. The number of carbonyl (C=O) groups is 1. The summed E-state index contributed by atoms with van der Waals surface area (Å²) in [7, 11) is 0. The lowest BCUT2D eigenvalue weighted by molar-refractivity contribution is -0.113. The largest absolute Gasteiger partial charge is 0.301 e. The van der Waals surface area contributed by atoms with E-state index in [0.29, 0.717) is 15.9 Å². The standard InChI is InChI=1S/C18H18ClN3OS3/c1-18(2,3)14-9-24-16(21-14)22-15(23)10-26-17-20-13(8-25-17)11-4-6-12(19)7-5-11/h4-9H,10H2,1-3H3,(H,21,22,23). The summed E-state index contributed by atoms with van der Waals surface area (Å²) >= 11 is 10.3. The molecule has 3 aromatic rings. The molecule has 26 heavy (non-hydrogen) atoms. The molecule has 0 bridgehead atoms. The van der Waals surface area contributed by atoms with Crippen LogP contribution in [0.5, 0.6) is 0 Å². The molecule has 0 saturated carbocycles. The van der Waals surface area contributed by atoms with Crippen molar-refractivity contribution < 1.29 is 4.79 Å². The van der Waals surface area contributed by atoms with E-state index in [-0.39, 0.29) is 11.3 Å². The van der Waals surface area contributed by atoms with Gasteiger partial charge in [-0.15, -0.1) is 22.7 Å². The van der Waals surface area contributed by atoms with E-state index in [4.69, 9.17) is 11.6 Å². The van der Waals surface area contributed by atoms with Gasteiger partial charge in [0.15, 0.2) is 9.47 Å². The van der Waals surface area contributed by atoms with Gasteiger partial charge in [0, 0.05) is 26.8 Å². The third-order valence-corrected chi connectivity index (χ3v) is 6.50. The summed E-state index contributed by atoms with van der Waals surface area (Å²) in [6.45, 7) is 6.30. The molecule has 3 rings (SSSR count). The van der Waals surface area contributed by atoms with E-state index in [1.165, 1.54) is 34.4 Å². The van der Waals surface area contributed by atoms with Gasteiger partial charge in [-0.05, 0) is 12.1 Å². The van der Waals surface area contributed by atoms with Gasteiger partial charge in [0.05, 0.1) is 17.1 Å². The predicted octanol–water partition coefficient (Wildman–Crippen LogP) is 5.95. The number of thiazole rings is 2. The number of anilines is 1. The Morgan fingerprint density at radius 1 is 1.15 bits per heavy atom. The molecule has 0 unspecified atom stereocenters. The number of hydrogen-bond acceptors (Lipinski definition) is 6. The van der Waals surface area contributed by atoms with Crippen LogP contribution < -0.4 is 5.32 Å².